The van der Waals surface area contributed by atoms with E-state index in [1.807, 2.05) is 39.1 Å². The molecule has 0 saturated heterocycles. The number of aromatic nitrogens is 1. The molecule has 1 aromatic heterocycles. The lowest BCUT2D eigenvalue weighted by Gasteiger charge is -2.17. The Balaban J connectivity index is 0.000000340. The van der Waals surface area contributed by atoms with Crippen LogP contribution in [0.2, 0.25) is 0 Å². The van der Waals surface area contributed by atoms with Gasteiger partial charge in [0.15, 0.2) is 0 Å². The van der Waals surface area contributed by atoms with Gasteiger partial charge in [-0.05, 0) is 83.9 Å². The van der Waals surface area contributed by atoms with Crippen LogP contribution >= 0.6 is 0 Å². The fourth-order valence-corrected chi connectivity index (χ4v) is 3.83. The largest absolute Gasteiger partial charge is 0.365 e. The molecule has 2 nitrogen and oxygen atoms in total. The number of aryl methyl sites for hydroxylation is 3. The summed E-state index contributed by atoms with van der Waals surface area (Å²) in [6, 6.07) is 15.1. The highest BCUT2D eigenvalue weighted by Crippen LogP contribution is 2.34. The molecule has 0 aliphatic carbocycles. The van der Waals surface area contributed by atoms with Gasteiger partial charge in [0, 0.05) is 23.2 Å². The number of rotatable bonds is 3. The normalized spacial score (nSPS) is 10.8. The minimum absolute atomic E-state index is 0.894. The second-order valence-electron chi connectivity index (χ2n) is 7.10. The van der Waals surface area contributed by atoms with Crippen molar-refractivity contribution in [1.82, 2.24) is 10.3 Å². The van der Waals surface area contributed by atoms with Gasteiger partial charge >= 0.3 is 0 Å². The van der Waals surface area contributed by atoms with Crippen molar-refractivity contribution in [1.29, 1.82) is 0 Å². The van der Waals surface area contributed by atoms with Gasteiger partial charge in [0.2, 0.25) is 0 Å². The first-order chi connectivity index (χ1) is 14.5. The van der Waals surface area contributed by atoms with Crippen LogP contribution in [0.15, 0.2) is 68.0 Å². The van der Waals surface area contributed by atoms with E-state index in [4.69, 9.17) is 0 Å². The number of H-pyrrole nitrogens is 1. The van der Waals surface area contributed by atoms with Gasteiger partial charge in [-0.15, -0.1) is 0 Å². The maximum Gasteiger partial charge on any atom is 0.0389 e. The van der Waals surface area contributed by atoms with Crippen LogP contribution in [0.25, 0.3) is 33.3 Å². The van der Waals surface area contributed by atoms with Crippen molar-refractivity contribution in [3.05, 3.63) is 95.6 Å². The van der Waals surface area contributed by atoms with Crippen molar-refractivity contribution < 1.29 is 0 Å². The molecule has 0 atom stereocenters. The summed E-state index contributed by atoms with van der Waals surface area (Å²) in [4.78, 5) is 3.00. The summed E-state index contributed by atoms with van der Waals surface area (Å²) >= 11 is 0. The SMILES string of the molecule is C=CNC(=C)c1c(C)cc2ccc(C)c3/c(=C\C)ccc1c23.CC.Cc1ccc[nH]1. The summed E-state index contributed by atoms with van der Waals surface area (Å²) in [7, 11) is 0. The Labute approximate surface area is 181 Å². The quantitative estimate of drug-likeness (QED) is 0.376. The molecule has 1 heterocycles. The van der Waals surface area contributed by atoms with E-state index in [0.717, 1.165) is 5.70 Å². The maximum absolute atomic E-state index is 4.18. The van der Waals surface area contributed by atoms with Crippen LogP contribution in [0.1, 0.15) is 43.2 Å². The number of nitrogens with one attached hydrogen (secondary N) is 2. The first-order valence-corrected chi connectivity index (χ1v) is 10.6. The maximum atomic E-state index is 4.18. The Morgan fingerprint density at radius 1 is 0.967 bits per heavy atom. The van der Waals surface area contributed by atoms with Gasteiger partial charge in [0.1, 0.15) is 0 Å². The third kappa shape index (κ3) is 4.65. The van der Waals surface area contributed by atoms with Crippen molar-refractivity contribution in [3.8, 4) is 0 Å². The molecule has 4 rings (SSSR count). The second kappa shape index (κ2) is 10.5. The predicted molar refractivity (Wildman–Crippen MR) is 136 cm³/mol. The zero-order valence-corrected chi connectivity index (χ0v) is 19.2. The van der Waals surface area contributed by atoms with Crippen LogP contribution in [-0.2, 0) is 0 Å². The topological polar surface area (TPSA) is 27.8 Å². The average Bonchev–Trinajstić information content (AvgIpc) is 3.23. The Morgan fingerprint density at radius 3 is 2.23 bits per heavy atom. The van der Waals surface area contributed by atoms with Crippen LogP contribution in [0.4, 0.5) is 0 Å². The van der Waals surface area contributed by atoms with Crippen molar-refractivity contribution in [2.24, 2.45) is 0 Å². The molecule has 2 heteroatoms. The third-order valence-electron chi connectivity index (χ3n) is 5.11. The van der Waals surface area contributed by atoms with E-state index in [0.29, 0.717) is 0 Å². The molecule has 0 fully saturated rings. The molecule has 4 aromatic rings. The van der Waals surface area contributed by atoms with Crippen molar-refractivity contribution >= 4 is 33.3 Å². The van der Waals surface area contributed by atoms with Gasteiger partial charge in [-0.1, -0.05) is 63.4 Å². The van der Waals surface area contributed by atoms with Gasteiger partial charge in [-0.25, -0.2) is 0 Å². The molecule has 3 aromatic carbocycles. The monoisotopic (exact) mass is 398 g/mol. The summed E-state index contributed by atoms with van der Waals surface area (Å²) < 4.78 is 0. The van der Waals surface area contributed by atoms with Gasteiger partial charge in [-0.3, -0.25) is 0 Å². The molecule has 156 valence electrons. The minimum Gasteiger partial charge on any atom is -0.365 e. The molecular formula is C28H34N2. The Kier molecular flexibility index (Phi) is 8.06. The van der Waals surface area contributed by atoms with E-state index in [-0.39, 0.29) is 0 Å². The highest BCUT2D eigenvalue weighted by Gasteiger charge is 2.13. The predicted octanol–water partition coefficient (Wildman–Crippen LogP) is 7.18. The molecule has 0 bridgehead atoms. The van der Waals surface area contributed by atoms with Crippen LogP contribution in [0.5, 0.6) is 0 Å². The molecule has 0 aliphatic rings. The zero-order valence-electron chi connectivity index (χ0n) is 19.2. The fraction of sp³-hybridized carbons (Fsp3) is 0.214. The molecule has 0 unspecified atom stereocenters. The number of hydrogen-bond donors (Lipinski definition) is 2. The lowest BCUT2D eigenvalue weighted by Crippen LogP contribution is -2.08. The van der Waals surface area contributed by atoms with E-state index in [2.05, 4.69) is 80.6 Å². The van der Waals surface area contributed by atoms with E-state index in [1.54, 1.807) is 6.20 Å². The first kappa shape index (κ1) is 23.0. The third-order valence-corrected chi connectivity index (χ3v) is 5.11. The lowest BCUT2D eigenvalue weighted by molar-refractivity contribution is 1.23. The average molecular weight is 399 g/mol. The van der Waals surface area contributed by atoms with Crippen LogP contribution in [0, 0.1) is 20.8 Å². The van der Waals surface area contributed by atoms with Gasteiger partial charge in [0.25, 0.3) is 0 Å². The number of aromatic amines is 1. The summed E-state index contributed by atoms with van der Waals surface area (Å²) in [5.74, 6) is 0. The highest BCUT2D eigenvalue weighted by atomic mass is 14.8. The summed E-state index contributed by atoms with van der Waals surface area (Å²) in [5.41, 5.74) is 5.82. The first-order valence-electron chi connectivity index (χ1n) is 10.6. The highest BCUT2D eigenvalue weighted by molar-refractivity contribution is 6.15. The zero-order chi connectivity index (χ0) is 22.3. The van der Waals surface area contributed by atoms with Crippen molar-refractivity contribution in [2.45, 2.75) is 41.5 Å². The molecule has 2 N–H and O–H groups in total. The van der Waals surface area contributed by atoms with E-state index >= 15 is 0 Å². The smallest absolute Gasteiger partial charge is 0.0389 e. The Morgan fingerprint density at radius 2 is 1.70 bits per heavy atom. The summed E-state index contributed by atoms with van der Waals surface area (Å²) in [6.45, 7) is 20.4. The fourth-order valence-electron chi connectivity index (χ4n) is 3.83. The molecule has 30 heavy (non-hydrogen) atoms. The molecule has 0 radical (unpaired) electrons. The van der Waals surface area contributed by atoms with Gasteiger partial charge in [0.05, 0.1) is 0 Å². The van der Waals surface area contributed by atoms with Gasteiger partial charge in [-0.2, -0.15) is 0 Å². The van der Waals surface area contributed by atoms with E-state index in [9.17, 15) is 0 Å². The number of hydrogen-bond acceptors (Lipinski definition) is 1. The molecule has 0 aliphatic heterocycles. The molecule has 0 spiro atoms. The Hall–Kier alpha value is -3.26. The van der Waals surface area contributed by atoms with Crippen LogP contribution < -0.4 is 10.5 Å². The van der Waals surface area contributed by atoms with E-state index < -0.39 is 0 Å². The Bertz CT molecular complexity index is 1200. The van der Waals surface area contributed by atoms with Crippen LogP contribution in [0.3, 0.4) is 0 Å². The van der Waals surface area contributed by atoms with E-state index in [1.165, 1.54) is 49.1 Å². The summed E-state index contributed by atoms with van der Waals surface area (Å²) in [5, 5.41) is 9.62. The van der Waals surface area contributed by atoms with Crippen molar-refractivity contribution in [2.75, 3.05) is 0 Å². The summed E-state index contributed by atoms with van der Waals surface area (Å²) in [6.07, 6.45) is 5.77. The molecule has 0 saturated carbocycles. The molecule has 0 amide bonds. The minimum atomic E-state index is 0.894. The standard InChI is InChI=1S/C21H21N.C5H7N.C2H6/c1-6-16-10-11-18-19(15(5)22-7-2)14(4)12-17-9-8-13(3)20(16)21(17)18;1-5-3-2-4-6-5;1-2/h6-12,22H,2,5H2,1,3-4H3;2-4,6H,1H3;1-2H3/b16-6-;;. The molecular weight excluding hydrogens is 364 g/mol. The van der Waals surface area contributed by atoms with Crippen molar-refractivity contribution in [3.63, 3.8) is 0 Å². The van der Waals surface area contributed by atoms with Gasteiger partial charge < -0.3 is 10.3 Å². The lowest BCUT2D eigenvalue weighted by atomic mass is 9.89. The second-order valence-corrected chi connectivity index (χ2v) is 7.10. The van der Waals surface area contributed by atoms with Crippen LogP contribution in [-0.4, -0.2) is 4.98 Å². The number of benzene rings is 3.